The molecule has 38 heavy (non-hydrogen) atoms. The molecule has 4 rings (SSSR count). The second-order valence-corrected chi connectivity index (χ2v) is 8.58. The minimum atomic E-state index is -1.07. The molecule has 1 heterocycles. The zero-order valence-electron chi connectivity index (χ0n) is 21.2. The number of aliphatic hydroxyl groups is 1. The van der Waals surface area contributed by atoms with Gasteiger partial charge in [0.1, 0.15) is 17.7 Å². The van der Waals surface area contributed by atoms with Crippen LogP contribution >= 0.6 is 0 Å². The topological polar surface area (TPSA) is 127 Å². The first-order valence-corrected chi connectivity index (χ1v) is 11.8. The minimum absolute atomic E-state index is 0.271. The molecule has 0 bridgehead atoms. The number of methoxy groups -OCH3 is 1. The summed E-state index contributed by atoms with van der Waals surface area (Å²) in [5, 5.41) is 35.8. The van der Waals surface area contributed by atoms with E-state index in [1.807, 2.05) is 44.2 Å². The summed E-state index contributed by atoms with van der Waals surface area (Å²) in [7, 11) is 1.55. The molecule has 0 saturated heterocycles. The van der Waals surface area contributed by atoms with Crippen LogP contribution in [0.5, 0.6) is 5.75 Å². The van der Waals surface area contributed by atoms with E-state index in [4.69, 9.17) is 15.3 Å². The average molecular weight is 503 g/mol. The van der Waals surface area contributed by atoms with Crippen LogP contribution in [0.3, 0.4) is 0 Å². The molecule has 1 aromatic heterocycles. The fourth-order valence-electron chi connectivity index (χ4n) is 4.09. The van der Waals surface area contributed by atoms with E-state index in [0.717, 1.165) is 22.4 Å². The number of nitrogens with one attached hydrogen (secondary N) is 2. The molecule has 3 N–H and O–H groups in total. The Morgan fingerprint density at radius 3 is 2.32 bits per heavy atom. The van der Waals surface area contributed by atoms with Crippen LogP contribution in [-0.2, 0) is 0 Å². The molecule has 0 amide bonds. The number of hydrogen-bond donors (Lipinski definition) is 3. The number of aryl methyl sites for hydroxylation is 2. The number of allylic oxidation sites excluding steroid dienone is 1. The Balaban J connectivity index is 1.75. The summed E-state index contributed by atoms with van der Waals surface area (Å²) in [6, 6.07) is 23.9. The number of para-hydroxylation sites is 1. The standard InChI is InChI=1S/C30H26N6O2/c1-19-15-22(7-6-14-31)16-20(2)28(19)35-27-17-25(29(37)24-8-4-5-9-26(24)38-3)34-30(36-27)33-23-12-10-21(18-32)11-13-23/h4-13,15-17,29,37H,1-3H3,(H2,33,34,35,36). The monoisotopic (exact) mass is 502 g/mol. The number of nitrogens with zero attached hydrogens (tertiary/aromatic N) is 4. The summed E-state index contributed by atoms with van der Waals surface area (Å²) >= 11 is 0. The number of anilines is 4. The van der Waals surface area contributed by atoms with E-state index in [-0.39, 0.29) is 5.95 Å². The van der Waals surface area contributed by atoms with Crippen molar-refractivity contribution in [2.75, 3.05) is 17.7 Å². The molecule has 0 aliphatic rings. The summed E-state index contributed by atoms with van der Waals surface area (Å²) < 4.78 is 5.45. The third-order valence-corrected chi connectivity index (χ3v) is 5.89. The number of ether oxygens (including phenoxy) is 1. The summed E-state index contributed by atoms with van der Waals surface area (Å²) in [5.41, 5.74) is 5.89. The molecular weight excluding hydrogens is 476 g/mol. The molecule has 0 aliphatic carbocycles. The van der Waals surface area contributed by atoms with Crippen molar-refractivity contribution in [2.45, 2.75) is 20.0 Å². The Labute approximate surface area is 221 Å². The van der Waals surface area contributed by atoms with Gasteiger partial charge in [-0.05, 0) is 79.1 Å². The molecule has 0 aliphatic heterocycles. The Bertz CT molecular complexity index is 1540. The number of nitriles is 2. The van der Waals surface area contributed by atoms with Gasteiger partial charge in [0.15, 0.2) is 0 Å². The first-order valence-electron chi connectivity index (χ1n) is 11.8. The molecule has 0 fully saturated rings. The highest BCUT2D eigenvalue weighted by molar-refractivity contribution is 5.70. The molecule has 0 spiro atoms. The minimum Gasteiger partial charge on any atom is -0.496 e. The number of rotatable bonds is 8. The average Bonchev–Trinajstić information content (AvgIpc) is 2.93. The van der Waals surface area contributed by atoms with Gasteiger partial charge in [-0.25, -0.2) is 4.98 Å². The van der Waals surface area contributed by atoms with Gasteiger partial charge in [-0.15, -0.1) is 0 Å². The van der Waals surface area contributed by atoms with Crippen molar-refractivity contribution in [3.05, 3.63) is 106 Å². The maximum atomic E-state index is 11.3. The Hall–Kier alpha value is -5.18. The maximum absolute atomic E-state index is 11.3. The van der Waals surface area contributed by atoms with Gasteiger partial charge in [0.05, 0.1) is 30.5 Å². The van der Waals surface area contributed by atoms with Crippen LogP contribution in [0.4, 0.5) is 23.1 Å². The summed E-state index contributed by atoms with van der Waals surface area (Å²) in [4.78, 5) is 9.23. The molecule has 0 radical (unpaired) electrons. The van der Waals surface area contributed by atoms with E-state index in [1.165, 1.54) is 6.08 Å². The van der Waals surface area contributed by atoms with Gasteiger partial charge in [0, 0.05) is 29.1 Å². The van der Waals surface area contributed by atoms with Gasteiger partial charge in [-0.3, -0.25) is 0 Å². The predicted molar refractivity (Wildman–Crippen MR) is 147 cm³/mol. The Morgan fingerprint density at radius 1 is 0.947 bits per heavy atom. The molecule has 4 aromatic rings. The van der Waals surface area contributed by atoms with Gasteiger partial charge in [-0.2, -0.15) is 15.5 Å². The number of benzene rings is 3. The normalized spacial score (nSPS) is 11.4. The summed E-state index contributed by atoms with van der Waals surface area (Å²) in [6.45, 7) is 3.95. The summed E-state index contributed by atoms with van der Waals surface area (Å²) in [6.07, 6.45) is 2.13. The molecule has 188 valence electrons. The highest BCUT2D eigenvalue weighted by atomic mass is 16.5. The highest BCUT2D eigenvalue weighted by Gasteiger charge is 2.19. The quantitative estimate of drug-likeness (QED) is 0.247. The van der Waals surface area contributed by atoms with Crippen molar-refractivity contribution in [2.24, 2.45) is 0 Å². The highest BCUT2D eigenvalue weighted by Crippen LogP contribution is 2.32. The fraction of sp³-hybridized carbons (Fsp3) is 0.133. The van der Waals surface area contributed by atoms with Gasteiger partial charge in [0.25, 0.3) is 0 Å². The first-order chi connectivity index (χ1) is 18.4. The molecule has 1 atom stereocenters. The molecule has 8 heteroatoms. The lowest BCUT2D eigenvalue weighted by Gasteiger charge is -2.18. The lowest BCUT2D eigenvalue weighted by atomic mass is 10.0. The van der Waals surface area contributed by atoms with Crippen molar-refractivity contribution in [3.63, 3.8) is 0 Å². The van der Waals surface area contributed by atoms with E-state index in [2.05, 4.69) is 26.7 Å². The zero-order chi connectivity index (χ0) is 27.1. The molecular formula is C30H26N6O2. The van der Waals surface area contributed by atoms with Crippen molar-refractivity contribution >= 4 is 29.2 Å². The third-order valence-electron chi connectivity index (χ3n) is 5.89. The first kappa shape index (κ1) is 25.9. The number of aliphatic hydroxyl groups excluding tert-OH is 1. The predicted octanol–water partition coefficient (Wildman–Crippen LogP) is 6.08. The summed E-state index contributed by atoms with van der Waals surface area (Å²) in [5.74, 6) is 1.29. The van der Waals surface area contributed by atoms with Gasteiger partial charge < -0.3 is 20.5 Å². The van der Waals surface area contributed by atoms with Crippen LogP contribution in [0.2, 0.25) is 0 Å². The Morgan fingerprint density at radius 2 is 1.66 bits per heavy atom. The van der Waals surface area contributed by atoms with Crippen LogP contribution < -0.4 is 15.4 Å². The number of aromatic nitrogens is 2. The second-order valence-electron chi connectivity index (χ2n) is 8.58. The van der Waals surface area contributed by atoms with E-state index in [1.54, 1.807) is 55.7 Å². The van der Waals surface area contributed by atoms with Crippen LogP contribution in [-0.4, -0.2) is 22.2 Å². The van der Waals surface area contributed by atoms with Crippen molar-refractivity contribution in [3.8, 4) is 17.9 Å². The fourth-order valence-corrected chi connectivity index (χ4v) is 4.09. The van der Waals surface area contributed by atoms with Crippen LogP contribution in [0, 0.1) is 36.5 Å². The van der Waals surface area contributed by atoms with Crippen LogP contribution in [0.25, 0.3) is 6.08 Å². The lowest BCUT2D eigenvalue weighted by Crippen LogP contribution is -2.10. The van der Waals surface area contributed by atoms with E-state index < -0.39 is 6.10 Å². The van der Waals surface area contributed by atoms with Crippen LogP contribution in [0.15, 0.2) is 72.8 Å². The van der Waals surface area contributed by atoms with Gasteiger partial charge in [0.2, 0.25) is 5.95 Å². The lowest BCUT2D eigenvalue weighted by molar-refractivity contribution is 0.210. The van der Waals surface area contributed by atoms with Crippen LogP contribution in [0.1, 0.15) is 39.6 Å². The van der Waals surface area contributed by atoms with E-state index in [9.17, 15) is 5.11 Å². The smallest absolute Gasteiger partial charge is 0.229 e. The maximum Gasteiger partial charge on any atom is 0.229 e. The second kappa shape index (κ2) is 11.7. The SMILES string of the molecule is COc1ccccc1C(O)c1cc(Nc2c(C)cc(C=CC#N)cc2C)nc(Nc2ccc(C#N)cc2)n1. The van der Waals surface area contributed by atoms with Gasteiger partial charge >= 0.3 is 0 Å². The van der Waals surface area contributed by atoms with Gasteiger partial charge in [-0.1, -0.05) is 18.2 Å². The largest absolute Gasteiger partial charge is 0.496 e. The van der Waals surface area contributed by atoms with Crippen molar-refractivity contribution < 1.29 is 9.84 Å². The van der Waals surface area contributed by atoms with E-state index in [0.29, 0.717) is 34.1 Å². The third kappa shape index (κ3) is 5.96. The molecule has 3 aromatic carbocycles. The van der Waals surface area contributed by atoms with Crippen molar-refractivity contribution in [1.29, 1.82) is 10.5 Å². The molecule has 0 saturated carbocycles. The number of hydrogen-bond acceptors (Lipinski definition) is 8. The van der Waals surface area contributed by atoms with Crippen molar-refractivity contribution in [1.82, 2.24) is 9.97 Å². The molecule has 1 unspecified atom stereocenters. The van der Waals surface area contributed by atoms with E-state index >= 15 is 0 Å². The molecule has 8 nitrogen and oxygen atoms in total. The Kier molecular flexibility index (Phi) is 7.98. The zero-order valence-corrected chi connectivity index (χ0v) is 21.2.